The van der Waals surface area contributed by atoms with Crippen molar-refractivity contribution >= 4 is 22.7 Å². The smallest absolute Gasteiger partial charge is 0.414 e. The summed E-state index contributed by atoms with van der Waals surface area (Å²) < 4.78 is 5.52. The number of benzene rings is 2. The Kier molecular flexibility index (Phi) is 9.21. The molecule has 0 amide bonds. The lowest BCUT2D eigenvalue weighted by molar-refractivity contribution is -0.159. The quantitative estimate of drug-likeness (QED) is 0.526. The van der Waals surface area contributed by atoms with Gasteiger partial charge in [0.25, 0.3) is 0 Å². The van der Waals surface area contributed by atoms with Crippen LogP contribution in [-0.4, -0.2) is 41.4 Å². The average molecular weight is 347 g/mol. The van der Waals surface area contributed by atoms with Crippen LogP contribution >= 0.6 is 0 Å². The lowest BCUT2D eigenvalue weighted by Gasteiger charge is -2.09. The number of ether oxygens (including phenoxy) is 1. The van der Waals surface area contributed by atoms with E-state index in [-0.39, 0.29) is 0 Å². The fourth-order valence-corrected chi connectivity index (χ4v) is 2.19. The number of hydrogen-bond donors (Lipinski definition) is 3. The number of carboxylic acid groups (broad SMARTS) is 2. The van der Waals surface area contributed by atoms with Crippen LogP contribution in [0, 0.1) is 0 Å². The molecule has 2 aromatic rings. The van der Waals surface area contributed by atoms with E-state index in [1.54, 1.807) is 0 Å². The molecule has 0 radical (unpaired) electrons. The maximum Gasteiger partial charge on any atom is 0.414 e. The van der Waals surface area contributed by atoms with Gasteiger partial charge in [-0.1, -0.05) is 42.5 Å². The van der Waals surface area contributed by atoms with Crippen LogP contribution < -0.4 is 5.32 Å². The number of carboxylic acids is 2. The van der Waals surface area contributed by atoms with Crippen LogP contribution in [0.25, 0.3) is 10.8 Å². The van der Waals surface area contributed by atoms with Gasteiger partial charge in [-0.15, -0.1) is 0 Å². The minimum Gasteiger partial charge on any atom is -0.473 e. The van der Waals surface area contributed by atoms with Gasteiger partial charge in [0.05, 0.1) is 6.10 Å². The first-order chi connectivity index (χ1) is 11.9. The molecule has 0 aliphatic heterocycles. The van der Waals surface area contributed by atoms with Crippen molar-refractivity contribution in [2.24, 2.45) is 0 Å². The van der Waals surface area contributed by atoms with Gasteiger partial charge in [-0.2, -0.15) is 0 Å². The summed E-state index contributed by atoms with van der Waals surface area (Å²) in [5.74, 6) is -3.65. The van der Waals surface area contributed by atoms with Gasteiger partial charge < -0.3 is 20.3 Å². The number of rotatable bonds is 7. The second-order valence-electron chi connectivity index (χ2n) is 5.70. The van der Waals surface area contributed by atoms with E-state index in [1.165, 1.54) is 16.3 Å². The highest BCUT2D eigenvalue weighted by molar-refractivity contribution is 6.27. The van der Waals surface area contributed by atoms with Gasteiger partial charge in [0, 0.05) is 13.2 Å². The molecule has 25 heavy (non-hydrogen) atoms. The molecule has 0 fully saturated rings. The zero-order valence-corrected chi connectivity index (χ0v) is 14.6. The Labute approximate surface area is 147 Å². The monoisotopic (exact) mass is 347 g/mol. The molecule has 0 bridgehead atoms. The Bertz CT molecular complexity index is 667. The second-order valence-corrected chi connectivity index (χ2v) is 5.70. The van der Waals surface area contributed by atoms with Gasteiger partial charge in [-0.25, -0.2) is 9.59 Å². The number of carbonyl (C=O) groups is 2. The molecule has 3 N–H and O–H groups in total. The van der Waals surface area contributed by atoms with Crippen molar-refractivity contribution in [2.75, 3.05) is 13.2 Å². The summed E-state index contributed by atoms with van der Waals surface area (Å²) in [4.78, 5) is 18.2. The van der Waals surface area contributed by atoms with E-state index in [9.17, 15) is 0 Å². The standard InChI is InChI=1S/C17H23NO.C2H2O4/c1-14(2)19-12-6-11-18-13-16-9-5-8-15-7-3-4-10-17(15)16;3-1(4)2(5)6/h3-5,7-10,14,18H,6,11-13H2,1-2H3;(H,3,4)(H,5,6). The Morgan fingerprint density at radius 1 is 1.04 bits per heavy atom. The van der Waals surface area contributed by atoms with Gasteiger partial charge in [-0.05, 0) is 43.1 Å². The number of fused-ring (bicyclic) bond motifs is 1. The van der Waals surface area contributed by atoms with Crippen LogP contribution in [0.2, 0.25) is 0 Å². The van der Waals surface area contributed by atoms with Crippen molar-refractivity contribution in [1.29, 1.82) is 0 Å². The van der Waals surface area contributed by atoms with E-state index in [0.717, 1.165) is 26.1 Å². The molecule has 0 aliphatic rings. The van der Waals surface area contributed by atoms with Gasteiger partial charge in [-0.3, -0.25) is 0 Å². The fourth-order valence-electron chi connectivity index (χ4n) is 2.19. The molecule has 0 unspecified atom stereocenters. The number of aliphatic carboxylic acids is 2. The SMILES string of the molecule is CC(C)OCCCNCc1cccc2ccccc12.O=C(O)C(=O)O. The predicted octanol–water partition coefficient (Wildman–Crippen LogP) is 2.90. The largest absolute Gasteiger partial charge is 0.473 e. The van der Waals surface area contributed by atoms with Crippen molar-refractivity contribution in [2.45, 2.75) is 32.9 Å². The summed E-state index contributed by atoms with van der Waals surface area (Å²) in [5.41, 5.74) is 1.36. The van der Waals surface area contributed by atoms with Crippen LogP contribution in [0.4, 0.5) is 0 Å². The third kappa shape index (κ3) is 8.28. The molecule has 6 nitrogen and oxygen atoms in total. The molecule has 0 spiro atoms. The summed E-state index contributed by atoms with van der Waals surface area (Å²) >= 11 is 0. The number of hydrogen-bond acceptors (Lipinski definition) is 4. The maximum absolute atomic E-state index is 9.10. The Balaban J connectivity index is 0.000000450. The Morgan fingerprint density at radius 2 is 1.68 bits per heavy atom. The molecule has 0 saturated carbocycles. The van der Waals surface area contributed by atoms with Gasteiger partial charge in [0.15, 0.2) is 0 Å². The van der Waals surface area contributed by atoms with E-state index < -0.39 is 11.9 Å². The third-order valence-corrected chi connectivity index (χ3v) is 3.33. The zero-order valence-electron chi connectivity index (χ0n) is 14.6. The normalized spacial score (nSPS) is 10.4. The molecule has 2 aromatic carbocycles. The zero-order chi connectivity index (χ0) is 18.7. The van der Waals surface area contributed by atoms with Crippen LogP contribution in [0.3, 0.4) is 0 Å². The van der Waals surface area contributed by atoms with Crippen LogP contribution in [0.1, 0.15) is 25.8 Å². The van der Waals surface area contributed by atoms with Crippen molar-refractivity contribution in [3.63, 3.8) is 0 Å². The highest BCUT2D eigenvalue weighted by Gasteiger charge is 2.04. The van der Waals surface area contributed by atoms with E-state index in [4.69, 9.17) is 24.5 Å². The molecule has 0 atom stereocenters. The highest BCUT2D eigenvalue weighted by atomic mass is 16.5. The van der Waals surface area contributed by atoms with E-state index >= 15 is 0 Å². The molecule has 0 aliphatic carbocycles. The lowest BCUT2D eigenvalue weighted by atomic mass is 10.0. The lowest BCUT2D eigenvalue weighted by Crippen LogP contribution is -2.17. The van der Waals surface area contributed by atoms with E-state index in [1.807, 2.05) is 0 Å². The van der Waals surface area contributed by atoms with Crippen LogP contribution in [0.15, 0.2) is 42.5 Å². The first-order valence-electron chi connectivity index (χ1n) is 8.17. The third-order valence-electron chi connectivity index (χ3n) is 3.33. The summed E-state index contributed by atoms with van der Waals surface area (Å²) in [7, 11) is 0. The highest BCUT2D eigenvalue weighted by Crippen LogP contribution is 2.18. The predicted molar refractivity (Wildman–Crippen MR) is 96.6 cm³/mol. The summed E-state index contributed by atoms with van der Waals surface area (Å²) in [5, 5.41) is 20.9. The van der Waals surface area contributed by atoms with Crippen molar-refractivity contribution in [3.8, 4) is 0 Å². The molecular formula is C19H25NO5. The fraction of sp³-hybridized carbons (Fsp3) is 0.368. The molecular weight excluding hydrogens is 322 g/mol. The van der Waals surface area contributed by atoms with Gasteiger partial charge in [0.2, 0.25) is 0 Å². The summed E-state index contributed by atoms with van der Waals surface area (Å²) in [6.45, 7) is 6.90. The van der Waals surface area contributed by atoms with E-state index in [0.29, 0.717) is 6.10 Å². The molecule has 2 rings (SSSR count). The van der Waals surface area contributed by atoms with Gasteiger partial charge >= 0.3 is 11.9 Å². The van der Waals surface area contributed by atoms with Gasteiger partial charge in [0.1, 0.15) is 0 Å². The van der Waals surface area contributed by atoms with E-state index in [2.05, 4.69) is 61.6 Å². The molecule has 0 heterocycles. The average Bonchev–Trinajstić information content (AvgIpc) is 2.58. The van der Waals surface area contributed by atoms with Crippen molar-refractivity contribution in [3.05, 3.63) is 48.0 Å². The summed E-state index contributed by atoms with van der Waals surface area (Å²) in [6.07, 6.45) is 1.39. The molecule has 136 valence electrons. The Hall–Kier alpha value is -2.44. The summed E-state index contributed by atoms with van der Waals surface area (Å²) in [6, 6.07) is 15.0. The molecule has 6 heteroatoms. The van der Waals surface area contributed by atoms with Crippen molar-refractivity contribution < 1.29 is 24.5 Å². The van der Waals surface area contributed by atoms with Crippen molar-refractivity contribution in [1.82, 2.24) is 5.32 Å². The first kappa shape index (κ1) is 20.6. The number of nitrogens with one attached hydrogen (secondary N) is 1. The molecule has 0 saturated heterocycles. The minimum atomic E-state index is -1.82. The molecule has 0 aromatic heterocycles. The Morgan fingerprint density at radius 3 is 2.32 bits per heavy atom. The first-order valence-corrected chi connectivity index (χ1v) is 8.17. The second kappa shape index (κ2) is 11.2. The maximum atomic E-state index is 9.10. The van der Waals surface area contributed by atoms with Crippen LogP contribution in [0.5, 0.6) is 0 Å². The topological polar surface area (TPSA) is 95.9 Å². The van der Waals surface area contributed by atoms with Crippen LogP contribution in [-0.2, 0) is 20.9 Å². The minimum absolute atomic E-state index is 0.332.